The lowest BCUT2D eigenvalue weighted by Gasteiger charge is -1.97. The monoisotopic (exact) mass is 224 g/mol. The molecule has 2 aromatic rings. The molecule has 0 saturated carbocycles. The van der Waals surface area contributed by atoms with Crippen molar-refractivity contribution in [3.63, 3.8) is 0 Å². The van der Waals surface area contributed by atoms with Crippen LogP contribution in [0.4, 0.5) is 5.13 Å². The highest BCUT2D eigenvalue weighted by molar-refractivity contribution is 7.80. The molecule has 4 heteroatoms. The van der Waals surface area contributed by atoms with Gasteiger partial charge in [0, 0.05) is 6.54 Å². The Kier molecular flexibility index (Phi) is 3.26. The number of nitrogens with zero attached hydrogens (tertiary/aromatic N) is 1. The number of para-hydroxylation sites is 1. The van der Waals surface area contributed by atoms with Gasteiger partial charge in [-0.15, -0.1) is 0 Å². The van der Waals surface area contributed by atoms with Crippen LogP contribution in [-0.2, 0) is 0 Å². The summed E-state index contributed by atoms with van der Waals surface area (Å²) < 4.78 is 1.24. The number of nitrogens with one attached hydrogen (secondary N) is 1. The van der Waals surface area contributed by atoms with Gasteiger partial charge in [-0.25, -0.2) is 4.98 Å². The van der Waals surface area contributed by atoms with E-state index in [1.165, 1.54) is 4.70 Å². The summed E-state index contributed by atoms with van der Waals surface area (Å²) in [7, 11) is 0. The molecule has 1 heterocycles. The van der Waals surface area contributed by atoms with Gasteiger partial charge in [0.05, 0.1) is 10.2 Å². The molecule has 0 spiro atoms. The molecule has 0 aliphatic carbocycles. The quantitative estimate of drug-likeness (QED) is 0.616. The molecule has 0 aliphatic heterocycles. The van der Waals surface area contributed by atoms with Gasteiger partial charge in [-0.1, -0.05) is 23.5 Å². The van der Waals surface area contributed by atoms with Crippen LogP contribution < -0.4 is 5.32 Å². The van der Waals surface area contributed by atoms with E-state index in [1.807, 2.05) is 18.2 Å². The van der Waals surface area contributed by atoms with Gasteiger partial charge in [-0.05, 0) is 24.3 Å². The maximum Gasteiger partial charge on any atom is 0.183 e. The molecule has 1 N–H and O–H groups in total. The van der Waals surface area contributed by atoms with Gasteiger partial charge in [0.2, 0.25) is 0 Å². The lowest BCUT2D eigenvalue weighted by molar-refractivity contribution is 0.993. The first-order chi connectivity index (χ1) is 6.90. The minimum Gasteiger partial charge on any atom is -0.361 e. The van der Waals surface area contributed by atoms with E-state index < -0.39 is 0 Å². The van der Waals surface area contributed by atoms with Gasteiger partial charge in [-0.2, -0.15) is 12.6 Å². The van der Waals surface area contributed by atoms with Crippen LogP contribution in [0.1, 0.15) is 6.42 Å². The molecule has 0 aliphatic rings. The van der Waals surface area contributed by atoms with Crippen LogP contribution in [0.25, 0.3) is 10.2 Å². The second-order valence-corrected chi connectivity index (χ2v) is 4.47. The molecule has 74 valence electrons. The van der Waals surface area contributed by atoms with Crippen molar-refractivity contribution in [3.05, 3.63) is 24.3 Å². The smallest absolute Gasteiger partial charge is 0.183 e. The van der Waals surface area contributed by atoms with E-state index in [0.29, 0.717) is 0 Å². The molecule has 0 amide bonds. The number of rotatable bonds is 4. The normalized spacial score (nSPS) is 10.6. The molecular formula is C10H12N2S2. The molecule has 0 radical (unpaired) electrons. The highest BCUT2D eigenvalue weighted by Gasteiger charge is 2.00. The third-order valence-corrected chi connectivity index (χ3v) is 3.22. The van der Waals surface area contributed by atoms with E-state index in [0.717, 1.165) is 29.4 Å². The second kappa shape index (κ2) is 4.66. The topological polar surface area (TPSA) is 24.9 Å². The third-order valence-electron chi connectivity index (χ3n) is 1.91. The average molecular weight is 224 g/mol. The SMILES string of the molecule is SCCCNc1nc2ccccc2s1. The number of fused-ring (bicyclic) bond motifs is 1. The van der Waals surface area contributed by atoms with Crippen LogP contribution >= 0.6 is 24.0 Å². The van der Waals surface area contributed by atoms with Crippen LogP contribution in [-0.4, -0.2) is 17.3 Å². The molecule has 2 nitrogen and oxygen atoms in total. The zero-order chi connectivity index (χ0) is 9.80. The van der Waals surface area contributed by atoms with Crippen molar-refractivity contribution < 1.29 is 0 Å². The van der Waals surface area contributed by atoms with Crippen molar-refractivity contribution in [1.29, 1.82) is 0 Å². The Morgan fingerprint density at radius 2 is 2.21 bits per heavy atom. The molecule has 1 aromatic heterocycles. The van der Waals surface area contributed by atoms with Crippen molar-refractivity contribution in [3.8, 4) is 0 Å². The zero-order valence-corrected chi connectivity index (χ0v) is 9.44. The number of benzene rings is 1. The number of anilines is 1. The minimum atomic E-state index is 0.915. The molecule has 0 saturated heterocycles. The van der Waals surface area contributed by atoms with Crippen molar-refractivity contribution in [2.75, 3.05) is 17.6 Å². The summed E-state index contributed by atoms with van der Waals surface area (Å²) >= 11 is 5.86. The fraction of sp³-hybridized carbons (Fsp3) is 0.300. The van der Waals surface area contributed by atoms with E-state index in [2.05, 4.69) is 29.0 Å². The molecule has 14 heavy (non-hydrogen) atoms. The van der Waals surface area contributed by atoms with Gasteiger partial charge in [0.25, 0.3) is 0 Å². The molecule has 1 aromatic carbocycles. The molecule has 0 unspecified atom stereocenters. The van der Waals surface area contributed by atoms with Crippen LogP contribution in [0, 0.1) is 0 Å². The Morgan fingerprint density at radius 3 is 3.00 bits per heavy atom. The number of thiol groups is 1. The van der Waals surface area contributed by atoms with E-state index >= 15 is 0 Å². The molecular weight excluding hydrogens is 212 g/mol. The predicted molar refractivity (Wildman–Crippen MR) is 66.6 cm³/mol. The summed E-state index contributed by atoms with van der Waals surface area (Å²) in [4.78, 5) is 4.47. The fourth-order valence-corrected chi connectivity index (χ4v) is 2.27. The summed E-state index contributed by atoms with van der Waals surface area (Å²) in [5.74, 6) is 0.915. The Morgan fingerprint density at radius 1 is 1.36 bits per heavy atom. The van der Waals surface area contributed by atoms with Gasteiger partial charge >= 0.3 is 0 Å². The lowest BCUT2D eigenvalue weighted by Crippen LogP contribution is -2.00. The summed E-state index contributed by atoms with van der Waals surface area (Å²) in [6.45, 7) is 0.948. The number of thiazole rings is 1. The van der Waals surface area contributed by atoms with Crippen molar-refractivity contribution in [2.24, 2.45) is 0 Å². The van der Waals surface area contributed by atoms with E-state index in [-0.39, 0.29) is 0 Å². The summed E-state index contributed by atoms with van der Waals surface area (Å²) in [6.07, 6.45) is 1.07. The highest BCUT2D eigenvalue weighted by Crippen LogP contribution is 2.25. The maximum atomic E-state index is 4.47. The minimum absolute atomic E-state index is 0.915. The zero-order valence-electron chi connectivity index (χ0n) is 7.73. The van der Waals surface area contributed by atoms with Gasteiger partial charge < -0.3 is 5.32 Å². The Hall–Kier alpha value is -0.740. The largest absolute Gasteiger partial charge is 0.361 e. The van der Waals surface area contributed by atoms with Crippen molar-refractivity contribution in [1.82, 2.24) is 4.98 Å². The summed E-state index contributed by atoms with van der Waals surface area (Å²) in [6, 6.07) is 8.18. The van der Waals surface area contributed by atoms with E-state index in [4.69, 9.17) is 0 Å². The van der Waals surface area contributed by atoms with E-state index in [9.17, 15) is 0 Å². The first-order valence-electron chi connectivity index (χ1n) is 4.60. The van der Waals surface area contributed by atoms with Gasteiger partial charge in [-0.3, -0.25) is 0 Å². The first kappa shape index (κ1) is 9.80. The molecule has 0 bridgehead atoms. The number of aromatic nitrogens is 1. The fourth-order valence-electron chi connectivity index (χ4n) is 1.22. The highest BCUT2D eigenvalue weighted by atomic mass is 32.1. The Bertz CT molecular complexity index is 378. The number of hydrogen-bond donors (Lipinski definition) is 2. The van der Waals surface area contributed by atoms with Crippen LogP contribution in [0.15, 0.2) is 24.3 Å². The van der Waals surface area contributed by atoms with Crippen LogP contribution in [0.3, 0.4) is 0 Å². The van der Waals surface area contributed by atoms with Crippen molar-refractivity contribution in [2.45, 2.75) is 6.42 Å². The lowest BCUT2D eigenvalue weighted by atomic mass is 10.3. The standard InChI is InChI=1S/C10H12N2S2/c13-7-3-6-11-10-12-8-4-1-2-5-9(8)14-10/h1-2,4-5,13H,3,6-7H2,(H,11,12). The molecule has 0 fully saturated rings. The van der Waals surface area contributed by atoms with E-state index in [1.54, 1.807) is 11.3 Å². The predicted octanol–water partition coefficient (Wildman–Crippen LogP) is 3.03. The van der Waals surface area contributed by atoms with Crippen LogP contribution in [0.5, 0.6) is 0 Å². The molecule has 2 rings (SSSR count). The summed E-state index contributed by atoms with van der Waals surface area (Å²) in [5.41, 5.74) is 1.07. The van der Waals surface area contributed by atoms with Gasteiger partial charge in [0.15, 0.2) is 5.13 Å². The second-order valence-electron chi connectivity index (χ2n) is 2.99. The maximum absolute atomic E-state index is 4.47. The average Bonchev–Trinajstić information content (AvgIpc) is 2.60. The van der Waals surface area contributed by atoms with Gasteiger partial charge in [0.1, 0.15) is 0 Å². The Labute approximate surface area is 92.8 Å². The van der Waals surface area contributed by atoms with Crippen molar-refractivity contribution >= 4 is 39.3 Å². The Balaban J connectivity index is 2.11. The van der Waals surface area contributed by atoms with Crippen LogP contribution in [0.2, 0.25) is 0 Å². The molecule has 0 atom stereocenters. The summed E-state index contributed by atoms with van der Waals surface area (Å²) in [5, 5.41) is 4.30. The first-order valence-corrected chi connectivity index (χ1v) is 6.05. The third kappa shape index (κ3) is 2.19. The number of hydrogen-bond acceptors (Lipinski definition) is 4.